The molecule has 6 nitrogen and oxygen atoms in total. The maximum absolute atomic E-state index is 10.9. The molecule has 3 rings (SSSR count). The fourth-order valence-corrected chi connectivity index (χ4v) is 3.56. The zero-order chi connectivity index (χ0) is 19.1. The van der Waals surface area contributed by atoms with Crippen molar-refractivity contribution in [3.63, 3.8) is 0 Å². The summed E-state index contributed by atoms with van der Waals surface area (Å²) in [4.78, 5) is 10.9. The molecule has 0 bridgehead atoms. The average molecular weight is 365 g/mol. The van der Waals surface area contributed by atoms with Gasteiger partial charge in [-0.25, -0.2) is 10.0 Å². The summed E-state index contributed by atoms with van der Waals surface area (Å²) in [7, 11) is 0. The molecule has 1 aliphatic rings. The number of ether oxygens (including phenoxy) is 1. The van der Waals surface area contributed by atoms with Crippen LogP contribution in [0.25, 0.3) is 11.1 Å². The van der Waals surface area contributed by atoms with Crippen LogP contribution >= 0.6 is 0 Å². The van der Waals surface area contributed by atoms with E-state index in [9.17, 15) is 9.90 Å². The Bertz CT molecular complexity index is 804. The van der Waals surface area contributed by atoms with Crippen LogP contribution in [0.5, 0.6) is 5.75 Å². The standard InChI is InChI=1S/C21H23N3O3/c22-16-17-4-6-18(7-5-17)19-8-10-20(11-9-19)27-15-3-14-24(23-21(25)26)12-1-2-13-24/h4-11,23H,1-3,12-15H2. The minimum Gasteiger partial charge on any atom is -0.526 e. The molecule has 1 amide bonds. The second kappa shape index (κ2) is 8.56. The first-order valence-corrected chi connectivity index (χ1v) is 9.19. The van der Waals surface area contributed by atoms with Crippen molar-refractivity contribution >= 4 is 6.09 Å². The summed E-state index contributed by atoms with van der Waals surface area (Å²) >= 11 is 0. The summed E-state index contributed by atoms with van der Waals surface area (Å²) < 4.78 is 6.18. The largest absolute Gasteiger partial charge is 0.526 e. The van der Waals surface area contributed by atoms with Crippen molar-refractivity contribution in [3.05, 3.63) is 54.1 Å². The Labute approximate surface area is 159 Å². The average Bonchev–Trinajstić information content (AvgIpc) is 3.14. The molecule has 0 aliphatic carbocycles. The molecule has 0 radical (unpaired) electrons. The Morgan fingerprint density at radius 1 is 1.07 bits per heavy atom. The van der Waals surface area contributed by atoms with Gasteiger partial charge in [0.05, 0.1) is 18.2 Å². The number of hydrogen-bond donors (Lipinski definition) is 1. The normalized spacial score (nSPS) is 15.1. The minimum absolute atomic E-state index is 0.378. The molecule has 0 atom stereocenters. The van der Waals surface area contributed by atoms with Crippen molar-refractivity contribution in [1.82, 2.24) is 5.43 Å². The van der Waals surface area contributed by atoms with E-state index in [2.05, 4.69) is 11.5 Å². The van der Waals surface area contributed by atoms with E-state index in [-0.39, 0.29) is 0 Å². The first-order valence-electron chi connectivity index (χ1n) is 9.19. The van der Waals surface area contributed by atoms with Crippen molar-refractivity contribution in [3.8, 4) is 22.9 Å². The van der Waals surface area contributed by atoms with Gasteiger partial charge in [0.1, 0.15) is 25.4 Å². The molecule has 27 heavy (non-hydrogen) atoms. The first kappa shape index (κ1) is 18.7. The smallest absolute Gasteiger partial charge is 0.185 e. The van der Waals surface area contributed by atoms with E-state index < -0.39 is 6.09 Å². The Kier molecular flexibility index (Phi) is 5.94. The topological polar surface area (TPSA) is 85.2 Å². The van der Waals surface area contributed by atoms with Crippen LogP contribution in [0.4, 0.5) is 4.79 Å². The van der Waals surface area contributed by atoms with Crippen LogP contribution in [0.1, 0.15) is 24.8 Å². The SMILES string of the molecule is N#Cc1ccc(-c2ccc(OCCC[N+]3(NC(=O)[O-])CCCC3)cc2)cc1. The number of likely N-dealkylation sites (tertiary alicyclic amines) is 1. The highest BCUT2D eigenvalue weighted by molar-refractivity contribution is 5.65. The molecule has 0 saturated carbocycles. The van der Waals surface area contributed by atoms with Gasteiger partial charge in [0.2, 0.25) is 0 Å². The van der Waals surface area contributed by atoms with Gasteiger partial charge in [0, 0.05) is 19.3 Å². The van der Waals surface area contributed by atoms with Gasteiger partial charge in [-0.05, 0) is 35.4 Å². The van der Waals surface area contributed by atoms with E-state index in [1.807, 2.05) is 36.4 Å². The Balaban J connectivity index is 1.50. The monoisotopic (exact) mass is 365 g/mol. The molecule has 2 aromatic carbocycles. The van der Waals surface area contributed by atoms with Crippen molar-refractivity contribution in [2.75, 3.05) is 26.2 Å². The molecule has 0 spiro atoms. The van der Waals surface area contributed by atoms with E-state index in [0.717, 1.165) is 49.2 Å². The van der Waals surface area contributed by atoms with Crippen LogP contribution in [0.3, 0.4) is 0 Å². The van der Waals surface area contributed by atoms with E-state index in [4.69, 9.17) is 10.00 Å². The summed E-state index contributed by atoms with van der Waals surface area (Å²) in [5, 5.41) is 19.8. The third-order valence-electron chi connectivity index (χ3n) is 4.95. The van der Waals surface area contributed by atoms with Crippen molar-refractivity contribution in [2.45, 2.75) is 19.3 Å². The van der Waals surface area contributed by atoms with Crippen LogP contribution in [-0.2, 0) is 0 Å². The first-order chi connectivity index (χ1) is 13.1. The lowest BCUT2D eigenvalue weighted by Gasteiger charge is -2.34. The number of nitrogens with zero attached hydrogens (tertiary/aromatic N) is 2. The van der Waals surface area contributed by atoms with Crippen LogP contribution < -0.4 is 15.3 Å². The number of rotatable bonds is 7. The van der Waals surface area contributed by atoms with Gasteiger partial charge < -0.3 is 14.6 Å². The lowest BCUT2D eigenvalue weighted by Crippen LogP contribution is -2.62. The van der Waals surface area contributed by atoms with Crippen molar-refractivity contribution in [1.29, 1.82) is 5.26 Å². The fraction of sp³-hybridized carbons (Fsp3) is 0.333. The number of nitrogens with one attached hydrogen (secondary N) is 1. The highest BCUT2D eigenvalue weighted by Gasteiger charge is 2.32. The summed E-state index contributed by atoms with van der Waals surface area (Å²) in [5.74, 6) is 0.785. The predicted molar refractivity (Wildman–Crippen MR) is 99.3 cm³/mol. The second-order valence-electron chi connectivity index (χ2n) is 6.84. The van der Waals surface area contributed by atoms with Gasteiger partial charge in [-0.1, -0.05) is 24.3 Å². The number of quaternary nitrogens is 1. The second-order valence-corrected chi connectivity index (χ2v) is 6.84. The third-order valence-corrected chi connectivity index (χ3v) is 4.95. The number of hydrogen-bond acceptors (Lipinski definition) is 4. The van der Waals surface area contributed by atoms with Crippen molar-refractivity contribution in [2.24, 2.45) is 0 Å². The lowest BCUT2D eigenvalue weighted by molar-refractivity contribution is -0.952. The molecule has 1 aliphatic heterocycles. The quantitative estimate of drug-likeness (QED) is 0.603. The van der Waals surface area contributed by atoms with Crippen LogP contribution in [0.2, 0.25) is 0 Å². The highest BCUT2D eigenvalue weighted by Crippen LogP contribution is 2.23. The zero-order valence-corrected chi connectivity index (χ0v) is 15.2. The molecule has 2 aromatic rings. The van der Waals surface area contributed by atoms with Gasteiger partial charge >= 0.3 is 0 Å². The number of amides is 1. The van der Waals surface area contributed by atoms with E-state index in [1.165, 1.54) is 0 Å². The molecule has 0 aromatic heterocycles. The van der Waals surface area contributed by atoms with Crippen LogP contribution in [-0.4, -0.2) is 36.9 Å². The maximum Gasteiger partial charge on any atom is 0.185 e. The predicted octanol–water partition coefficient (Wildman–Crippen LogP) is 2.45. The van der Waals surface area contributed by atoms with Gasteiger partial charge in [-0.3, -0.25) is 0 Å². The Hall–Kier alpha value is -3.04. The lowest BCUT2D eigenvalue weighted by atomic mass is 10.0. The molecule has 6 heteroatoms. The summed E-state index contributed by atoms with van der Waals surface area (Å²) in [5.41, 5.74) is 5.31. The molecule has 1 fully saturated rings. The third kappa shape index (κ3) is 4.99. The fourth-order valence-electron chi connectivity index (χ4n) is 3.56. The molecule has 140 valence electrons. The summed E-state index contributed by atoms with van der Waals surface area (Å²) in [6.07, 6.45) is 1.60. The molecule has 0 unspecified atom stereocenters. The van der Waals surface area contributed by atoms with Gasteiger partial charge in [0.25, 0.3) is 0 Å². The summed E-state index contributed by atoms with van der Waals surface area (Å²) in [6, 6.07) is 17.4. The van der Waals surface area contributed by atoms with E-state index >= 15 is 0 Å². The molecule has 1 heterocycles. The molecule has 1 N–H and O–H groups in total. The zero-order valence-electron chi connectivity index (χ0n) is 15.2. The number of benzene rings is 2. The number of nitriles is 1. The molecule has 1 saturated heterocycles. The highest BCUT2D eigenvalue weighted by atomic mass is 16.5. The van der Waals surface area contributed by atoms with E-state index in [1.54, 1.807) is 12.1 Å². The van der Waals surface area contributed by atoms with Crippen LogP contribution in [0.15, 0.2) is 48.5 Å². The molecular formula is C21H23N3O3. The number of carbonyl (C=O) groups excluding carboxylic acids is 1. The van der Waals surface area contributed by atoms with Gasteiger partial charge in [-0.15, -0.1) is 0 Å². The number of carboxylic acid groups (broad SMARTS) is 1. The minimum atomic E-state index is -1.21. The Morgan fingerprint density at radius 3 is 2.22 bits per heavy atom. The summed E-state index contributed by atoms with van der Waals surface area (Å²) in [6.45, 7) is 2.86. The van der Waals surface area contributed by atoms with Gasteiger partial charge in [-0.2, -0.15) is 5.26 Å². The number of carbonyl (C=O) groups is 1. The maximum atomic E-state index is 10.9. The van der Waals surface area contributed by atoms with E-state index in [0.29, 0.717) is 23.3 Å². The van der Waals surface area contributed by atoms with Crippen LogP contribution in [0, 0.1) is 11.3 Å². The van der Waals surface area contributed by atoms with Crippen molar-refractivity contribution < 1.29 is 19.2 Å². The van der Waals surface area contributed by atoms with Gasteiger partial charge in [0.15, 0.2) is 6.09 Å². The molecular weight excluding hydrogens is 342 g/mol. The Morgan fingerprint density at radius 2 is 1.67 bits per heavy atom.